The van der Waals surface area contributed by atoms with Gasteiger partial charge in [0, 0.05) is 30.0 Å². The summed E-state index contributed by atoms with van der Waals surface area (Å²) in [6, 6.07) is 7.60. The first-order chi connectivity index (χ1) is 15.8. The van der Waals surface area contributed by atoms with Gasteiger partial charge in [-0.25, -0.2) is 4.98 Å². The zero-order chi connectivity index (χ0) is 23.6. The molecule has 1 atom stereocenters. The Balaban J connectivity index is 1.68. The minimum atomic E-state index is -0.656. The number of anilines is 1. The molecule has 1 saturated carbocycles. The van der Waals surface area contributed by atoms with Crippen LogP contribution in [0, 0.1) is 6.92 Å². The summed E-state index contributed by atoms with van der Waals surface area (Å²) in [5.74, 6) is 0.0553. The van der Waals surface area contributed by atoms with Gasteiger partial charge in [-0.05, 0) is 69.4 Å². The Bertz CT molecular complexity index is 1040. The molecule has 2 fully saturated rings. The van der Waals surface area contributed by atoms with Crippen molar-refractivity contribution in [2.24, 2.45) is 0 Å². The van der Waals surface area contributed by atoms with Crippen LogP contribution in [0.3, 0.4) is 0 Å². The molecule has 2 aromatic rings. The summed E-state index contributed by atoms with van der Waals surface area (Å²) >= 11 is 0. The highest BCUT2D eigenvalue weighted by molar-refractivity contribution is 6.01. The molecule has 2 heterocycles. The highest BCUT2D eigenvalue weighted by Crippen LogP contribution is 2.29. The Morgan fingerprint density at radius 2 is 1.88 bits per heavy atom. The molecule has 0 bridgehead atoms. The van der Waals surface area contributed by atoms with Crippen LogP contribution in [0.4, 0.5) is 5.82 Å². The highest BCUT2D eigenvalue weighted by Gasteiger charge is 2.26. The molecule has 1 aromatic carbocycles. The van der Waals surface area contributed by atoms with E-state index in [1.807, 2.05) is 39.0 Å². The number of ether oxygens (including phenoxy) is 1. The molecule has 1 unspecified atom stereocenters. The average Bonchev–Trinajstić information content (AvgIpc) is 3.46. The van der Waals surface area contributed by atoms with Crippen LogP contribution in [0.1, 0.15) is 59.4 Å². The monoisotopic (exact) mass is 452 g/mol. The zero-order valence-corrected chi connectivity index (χ0v) is 19.4. The number of nitrogens with zero attached hydrogens (tertiary/aromatic N) is 1. The first-order valence-corrected chi connectivity index (χ1v) is 11.5. The summed E-state index contributed by atoms with van der Waals surface area (Å²) in [4.78, 5) is 30.3. The third-order valence-electron chi connectivity index (χ3n) is 5.97. The van der Waals surface area contributed by atoms with Gasteiger partial charge in [0.05, 0.1) is 30.4 Å². The second-order valence-electron chi connectivity index (χ2n) is 9.60. The number of rotatable bonds is 8. The van der Waals surface area contributed by atoms with Gasteiger partial charge < -0.3 is 25.8 Å². The topological polar surface area (TPSA) is 113 Å². The van der Waals surface area contributed by atoms with E-state index in [1.165, 1.54) is 0 Å². The number of pyridine rings is 1. The molecule has 33 heavy (non-hydrogen) atoms. The zero-order valence-electron chi connectivity index (χ0n) is 19.4. The van der Waals surface area contributed by atoms with E-state index in [4.69, 9.17) is 4.74 Å². The van der Waals surface area contributed by atoms with Crippen molar-refractivity contribution >= 4 is 17.6 Å². The molecule has 1 aromatic heterocycles. The van der Waals surface area contributed by atoms with Crippen molar-refractivity contribution < 1.29 is 19.4 Å². The van der Waals surface area contributed by atoms with Gasteiger partial charge in [-0.1, -0.05) is 6.07 Å². The minimum Gasteiger partial charge on any atom is -0.394 e. The first-order valence-electron chi connectivity index (χ1n) is 11.5. The fraction of sp³-hybridized carbons (Fsp3) is 0.480. The summed E-state index contributed by atoms with van der Waals surface area (Å²) < 4.78 is 5.38. The molecule has 0 radical (unpaired) electrons. The molecule has 4 N–H and O–H groups in total. The van der Waals surface area contributed by atoms with Crippen LogP contribution in [0.15, 0.2) is 30.5 Å². The van der Waals surface area contributed by atoms with Crippen molar-refractivity contribution in [1.82, 2.24) is 15.6 Å². The van der Waals surface area contributed by atoms with E-state index in [2.05, 4.69) is 20.9 Å². The van der Waals surface area contributed by atoms with Gasteiger partial charge in [0.25, 0.3) is 11.8 Å². The van der Waals surface area contributed by atoms with Gasteiger partial charge in [-0.3, -0.25) is 9.59 Å². The largest absolute Gasteiger partial charge is 0.394 e. The van der Waals surface area contributed by atoms with Gasteiger partial charge in [-0.2, -0.15) is 0 Å². The molecule has 2 aliphatic rings. The van der Waals surface area contributed by atoms with Crippen molar-refractivity contribution in [2.75, 3.05) is 25.1 Å². The lowest BCUT2D eigenvalue weighted by Gasteiger charge is -2.26. The van der Waals surface area contributed by atoms with Crippen LogP contribution in [0.25, 0.3) is 11.1 Å². The van der Waals surface area contributed by atoms with Gasteiger partial charge in [0.2, 0.25) is 0 Å². The predicted octanol–water partition coefficient (Wildman–Crippen LogP) is 2.65. The minimum absolute atomic E-state index is 0.0453. The first kappa shape index (κ1) is 23.2. The number of aliphatic hydroxyl groups is 1. The van der Waals surface area contributed by atoms with Gasteiger partial charge in [0.1, 0.15) is 5.82 Å². The number of aliphatic hydroxyl groups excluding tert-OH is 1. The Labute approximate surface area is 194 Å². The molecule has 4 rings (SSSR count). The van der Waals surface area contributed by atoms with Crippen molar-refractivity contribution in [3.8, 4) is 11.1 Å². The van der Waals surface area contributed by atoms with Crippen LogP contribution in [-0.4, -0.2) is 59.3 Å². The Hall–Kier alpha value is -2.97. The maximum Gasteiger partial charge on any atom is 0.255 e. The average molecular weight is 453 g/mol. The maximum atomic E-state index is 13.2. The van der Waals surface area contributed by atoms with Crippen LogP contribution in [0.5, 0.6) is 0 Å². The number of nitrogens with one attached hydrogen (secondary N) is 3. The Morgan fingerprint density at radius 3 is 2.55 bits per heavy atom. The van der Waals surface area contributed by atoms with E-state index in [0.29, 0.717) is 30.2 Å². The molecule has 1 aliphatic carbocycles. The molecular weight excluding hydrogens is 420 g/mol. The second-order valence-corrected chi connectivity index (χ2v) is 9.60. The highest BCUT2D eigenvalue weighted by atomic mass is 16.5. The number of carbonyl (C=O) groups excluding carboxylic acids is 2. The molecular formula is C25H32N4O4. The van der Waals surface area contributed by atoms with Crippen LogP contribution in [0.2, 0.25) is 0 Å². The number of hydrogen-bond acceptors (Lipinski definition) is 6. The van der Waals surface area contributed by atoms with E-state index < -0.39 is 5.54 Å². The SMILES string of the molecule is Cc1ccc(C(=O)NC2CC2)cc1-c1cnc(NC(C)(C)CO)c(C(=O)NC2CCOC2)c1. The third kappa shape index (κ3) is 5.69. The van der Waals surface area contributed by atoms with Crippen molar-refractivity contribution in [3.63, 3.8) is 0 Å². The molecule has 1 saturated heterocycles. The maximum absolute atomic E-state index is 13.2. The Morgan fingerprint density at radius 1 is 1.12 bits per heavy atom. The molecule has 8 nitrogen and oxygen atoms in total. The van der Waals surface area contributed by atoms with Crippen molar-refractivity contribution in [2.45, 2.75) is 57.7 Å². The summed E-state index contributed by atoms with van der Waals surface area (Å²) in [5, 5.41) is 18.9. The number of amides is 2. The molecule has 2 amide bonds. The molecule has 176 valence electrons. The number of aromatic nitrogens is 1. The summed E-state index contributed by atoms with van der Waals surface area (Å²) in [7, 11) is 0. The Kier molecular flexibility index (Phi) is 6.67. The number of aryl methyl sites for hydroxylation is 1. The number of hydrogen-bond donors (Lipinski definition) is 4. The van der Waals surface area contributed by atoms with Gasteiger partial charge in [0.15, 0.2) is 0 Å². The van der Waals surface area contributed by atoms with E-state index >= 15 is 0 Å². The third-order valence-corrected chi connectivity index (χ3v) is 5.97. The van der Waals surface area contributed by atoms with E-state index in [1.54, 1.807) is 12.3 Å². The summed E-state index contributed by atoms with van der Waals surface area (Å²) in [6.07, 6.45) is 4.51. The van der Waals surface area contributed by atoms with Crippen molar-refractivity contribution in [1.29, 1.82) is 0 Å². The van der Waals surface area contributed by atoms with Crippen LogP contribution in [-0.2, 0) is 4.74 Å². The lowest BCUT2D eigenvalue weighted by Crippen LogP contribution is -2.38. The van der Waals surface area contributed by atoms with Crippen molar-refractivity contribution in [3.05, 3.63) is 47.2 Å². The number of benzene rings is 1. The quantitative estimate of drug-likeness (QED) is 0.490. The molecule has 1 aliphatic heterocycles. The van der Waals surface area contributed by atoms with Crippen LogP contribution < -0.4 is 16.0 Å². The second kappa shape index (κ2) is 9.49. The smallest absolute Gasteiger partial charge is 0.255 e. The van der Waals surface area contributed by atoms with Gasteiger partial charge in [-0.15, -0.1) is 0 Å². The van der Waals surface area contributed by atoms with E-state index in [-0.39, 0.29) is 30.5 Å². The normalized spacial score (nSPS) is 18.1. The number of carbonyl (C=O) groups is 2. The fourth-order valence-electron chi connectivity index (χ4n) is 3.73. The predicted molar refractivity (Wildman–Crippen MR) is 126 cm³/mol. The lowest BCUT2D eigenvalue weighted by atomic mass is 9.97. The van der Waals surface area contributed by atoms with Gasteiger partial charge >= 0.3 is 0 Å². The lowest BCUT2D eigenvalue weighted by molar-refractivity contribution is 0.0927. The summed E-state index contributed by atoms with van der Waals surface area (Å²) in [5.41, 5.74) is 2.88. The molecule has 0 spiro atoms. The molecule has 8 heteroatoms. The summed E-state index contributed by atoms with van der Waals surface area (Å²) in [6.45, 7) is 6.63. The van der Waals surface area contributed by atoms with E-state index in [9.17, 15) is 14.7 Å². The standard InChI is InChI=1S/C25H32N4O4/c1-15-4-5-16(23(31)27-18-6-7-18)10-20(15)17-11-21(24(32)28-19-8-9-33-13-19)22(26-12-17)29-25(2,3)14-30/h4-5,10-12,18-19,30H,6-9,13-14H2,1-3H3,(H,26,29)(H,27,31)(H,28,32). The fourth-order valence-corrected chi connectivity index (χ4v) is 3.73. The van der Waals surface area contributed by atoms with E-state index in [0.717, 1.165) is 36.0 Å². The van der Waals surface area contributed by atoms with Crippen LogP contribution >= 0.6 is 0 Å².